The van der Waals surface area contributed by atoms with Crippen LogP contribution in [0.5, 0.6) is 5.88 Å². The van der Waals surface area contributed by atoms with E-state index in [0.717, 1.165) is 25.1 Å². The summed E-state index contributed by atoms with van der Waals surface area (Å²) in [5, 5.41) is 11.7. The monoisotopic (exact) mass is 458 g/mol. The summed E-state index contributed by atoms with van der Waals surface area (Å²) in [6.45, 7) is 2.20. The van der Waals surface area contributed by atoms with Gasteiger partial charge in [0.05, 0.1) is 29.9 Å². The Morgan fingerprint density at radius 2 is 1.94 bits per heavy atom. The zero-order valence-electron chi connectivity index (χ0n) is 18.5. The largest absolute Gasteiger partial charge is 0.476 e. The molecule has 6 heterocycles. The number of hydrogen-bond donors (Lipinski definition) is 1. The molecule has 1 amide bonds. The number of amides is 1. The fraction of sp³-hybridized carbons (Fsp3) is 0.304. The van der Waals surface area contributed by atoms with Crippen molar-refractivity contribution in [2.24, 2.45) is 0 Å². The van der Waals surface area contributed by atoms with E-state index >= 15 is 0 Å². The summed E-state index contributed by atoms with van der Waals surface area (Å²) in [6.07, 6.45) is 5.04. The third kappa shape index (κ3) is 3.64. The summed E-state index contributed by atoms with van der Waals surface area (Å²) in [6, 6.07) is 9.20. The highest BCUT2D eigenvalue weighted by Gasteiger charge is 2.33. The lowest BCUT2D eigenvalue weighted by Gasteiger charge is -2.16. The number of hydrogen-bond acceptors (Lipinski definition) is 9. The lowest BCUT2D eigenvalue weighted by Crippen LogP contribution is -2.21. The van der Waals surface area contributed by atoms with E-state index in [2.05, 4.69) is 25.5 Å². The van der Waals surface area contributed by atoms with Crippen molar-refractivity contribution in [3.05, 3.63) is 48.5 Å². The zero-order valence-corrected chi connectivity index (χ0v) is 18.5. The Morgan fingerprint density at radius 1 is 1.09 bits per heavy atom. The number of nitrogens with zero attached hydrogens (tertiary/aromatic N) is 7. The molecule has 0 saturated carbocycles. The Bertz CT molecular complexity index is 1360. The molecule has 0 radical (unpaired) electrons. The number of nitrogens with one attached hydrogen (secondary N) is 1. The first-order chi connectivity index (χ1) is 16.7. The number of anilines is 2. The fourth-order valence-electron chi connectivity index (χ4n) is 4.22. The Morgan fingerprint density at radius 3 is 2.79 bits per heavy atom. The molecule has 1 saturated heterocycles. The molecule has 0 unspecified atom stereocenters. The van der Waals surface area contributed by atoms with E-state index in [1.54, 1.807) is 36.5 Å². The minimum absolute atomic E-state index is 0.0514. The van der Waals surface area contributed by atoms with Gasteiger partial charge >= 0.3 is 0 Å². The lowest BCUT2D eigenvalue weighted by molar-refractivity contribution is -0.128. The van der Waals surface area contributed by atoms with E-state index in [0.29, 0.717) is 53.5 Å². The van der Waals surface area contributed by atoms with Gasteiger partial charge in [-0.05, 0) is 24.6 Å². The minimum Gasteiger partial charge on any atom is -0.476 e. The Balaban J connectivity index is 1.25. The molecule has 4 aromatic rings. The molecule has 11 heteroatoms. The number of pyridine rings is 1. The molecule has 0 aliphatic carbocycles. The fourth-order valence-corrected chi connectivity index (χ4v) is 4.22. The van der Waals surface area contributed by atoms with E-state index in [1.165, 1.54) is 0 Å². The maximum absolute atomic E-state index is 12.3. The smallest absolute Gasteiger partial charge is 0.236 e. The molecule has 2 aliphatic rings. The number of likely N-dealkylation sites (N-methyl/N-ethyl adjacent to an activating group) is 1. The summed E-state index contributed by atoms with van der Waals surface area (Å²) in [5.74, 6) is 1.44. The molecular formula is C23H22N8O3. The van der Waals surface area contributed by atoms with Gasteiger partial charge in [0.1, 0.15) is 23.1 Å². The standard InChI is InChI=1S/C23H22N8O3/c1-30-10-7-14(21(30)32)20-12-18(29-34-20)16-5-2-4-15(26-16)17-6-8-24-23(27-17)28-19-13-25-31-9-3-11-33-22(19)31/h2,4-6,8,12-14H,3,7,9-11H2,1H3,(H,24,27,28)/t14-/m0/s1. The van der Waals surface area contributed by atoms with E-state index < -0.39 is 0 Å². The molecule has 172 valence electrons. The molecule has 0 spiro atoms. The van der Waals surface area contributed by atoms with E-state index in [9.17, 15) is 4.79 Å². The van der Waals surface area contributed by atoms with E-state index in [1.807, 2.05) is 22.9 Å². The van der Waals surface area contributed by atoms with Crippen LogP contribution in [0, 0.1) is 0 Å². The number of fused-ring (bicyclic) bond motifs is 1. The van der Waals surface area contributed by atoms with Crippen molar-refractivity contribution < 1.29 is 14.1 Å². The van der Waals surface area contributed by atoms with Gasteiger partial charge in [-0.3, -0.25) is 4.79 Å². The minimum atomic E-state index is -0.288. The molecule has 4 aromatic heterocycles. The Hall–Kier alpha value is -4.28. The number of aryl methyl sites for hydroxylation is 1. The van der Waals surface area contributed by atoms with Gasteiger partial charge in [0.25, 0.3) is 0 Å². The van der Waals surface area contributed by atoms with Crippen LogP contribution in [0.25, 0.3) is 22.8 Å². The highest BCUT2D eigenvalue weighted by molar-refractivity contribution is 5.85. The van der Waals surface area contributed by atoms with Crippen molar-refractivity contribution >= 4 is 17.5 Å². The number of likely N-dealkylation sites (tertiary alicyclic amines) is 1. The molecular weight excluding hydrogens is 436 g/mol. The highest BCUT2D eigenvalue weighted by atomic mass is 16.5. The topological polar surface area (TPSA) is 124 Å². The third-order valence-corrected chi connectivity index (χ3v) is 6.02. The molecule has 1 fully saturated rings. The van der Waals surface area contributed by atoms with E-state index in [4.69, 9.17) is 14.2 Å². The van der Waals surface area contributed by atoms with Crippen LogP contribution in [-0.4, -0.2) is 60.9 Å². The first kappa shape index (κ1) is 20.3. The number of carbonyl (C=O) groups is 1. The second kappa shape index (κ2) is 8.25. The maximum Gasteiger partial charge on any atom is 0.236 e. The van der Waals surface area contributed by atoms with Gasteiger partial charge in [0.15, 0.2) is 0 Å². The van der Waals surface area contributed by atoms with Gasteiger partial charge in [-0.15, -0.1) is 0 Å². The second-order valence-corrected chi connectivity index (χ2v) is 8.30. The number of rotatable bonds is 5. The molecule has 2 aliphatic heterocycles. The van der Waals surface area contributed by atoms with Gasteiger partial charge in [0.2, 0.25) is 17.7 Å². The van der Waals surface area contributed by atoms with Gasteiger partial charge < -0.3 is 19.5 Å². The quantitative estimate of drug-likeness (QED) is 0.481. The van der Waals surface area contributed by atoms with Crippen molar-refractivity contribution in [1.29, 1.82) is 0 Å². The van der Waals surface area contributed by atoms with Crippen molar-refractivity contribution in [2.75, 3.05) is 25.5 Å². The van der Waals surface area contributed by atoms with Crippen molar-refractivity contribution in [3.8, 4) is 28.7 Å². The number of ether oxygens (including phenoxy) is 1. The first-order valence-electron chi connectivity index (χ1n) is 11.1. The third-order valence-electron chi connectivity index (χ3n) is 6.02. The molecule has 1 atom stereocenters. The van der Waals surface area contributed by atoms with Crippen LogP contribution in [0.2, 0.25) is 0 Å². The molecule has 34 heavy (non-hydrogen) atoms. The summed E-state index contributed by atoms with van der Waals surface area (Å²) < 4.78 is 13.0. The SMILES string of the molecule is CN1CC[C@@H](c2cc(-c3cccc(-c4ccnc(Nc5cnn6c5OCCC6)n4)n3)no2)C1=O. The molecule has 1 N–H and O–H groups in total. The second-order valence-electron chi connectivity index (χ2n) is 8.30. The van der Waals surface area contributed by atoms with Crippen LogP contribution in [0.3, 0.4) is 0 Å². The summed E-state index contributed by atoms with van der Waals surface area (Å²) in [7, 11) is 1.80. The number of carbonyl (C=O) groups excluding carboxylic acids is 1. The van der Waals surface area contributed by atoms with Crippen LogP contribution in [0.15, 0.2) is 47.2 Å². The molecule has 11 nitrogen and oxygen atoms in total. The van der Waals surface area contributed by atoms with Crippen LogP contribution in [0.1, 0.15) is 24.5 Å². The van der Waals surface area contributed by atoms with Crippen LogP contribution in [-0.2, 0) is 11.3 Å². The normalized spacial score (nSPS) is 17.5. The zero-order chi connectivity index (χ0) is 23.1. The van der Waals surface area contributed by atoms with Crippen molar-refractivity contribution in [1.82, 2.24) is 34.8 Å². The van der Waals surface area contributed by atoms with E-state index in [-0.39, 0.29) is 11.8 Å². The summed E-state index contributed by atoms with van der Waals surface area (Å²) >= 11 is 0. The highest BCUT2D eigenvalue weighted by Crippen LogP contribution is 2.32. The van der Waals surface area contributed by atoms with Crippen LogP contribution < -0.4 is 10.1 Å². The Kier molecular flexibility index (Phi) is 4.93. The van der Waals surface area contributed by atoms with Crippen molar-refractivity contribution in [2.45, 2.75) is 25.3 Å². The average molecular weight is 458 g/mol. The van der Waals surface area contributed by atoms with Gasteiger partial charge in [-0.25, -0.2) is 19.6 Å². The number of aromatic nitrogens is 6. The average Bonchev–Trinajstić information content (AvgIpc) is 3.60. The predicted molar refractivity (Wildman–Crippen MR) is 121 cm³/mol. The van der Waals surface area contributed by atoms with Crippen LogP contribution >= 0.6 is 0 Å². The first-order valence-corrected chi connectivity index (χ1v) is 11.1. The predicted octanol–water partition coefficient (Wildman–Crippen LogP) is 2.86. The Labute approximate surface area is 194 Å². The van der Waals surface area contributed by atoms with Gasteiger partial charge in [0, 0.05) is 38.8 Å². The molecule has 0 aromatic carbocycles. The maximum atomic E-state index is 12.3. The lowest BCUT2D eigenvalue weighted by atomic mass is 10.0. The van der Waals surface area contributed by atoms with Gasteiger partial charge in [-0.1, -0.05) is 11.2 Å². The van der Waals surface area contributed by atoms with Crippen LogP contribution in [0.4, 0.5) is 11.6 Å². The van der Waals surface area contributed by atoms with Crippen molar-refractivity contribution in [3.63, 3.8) is 0 Å². The summed E-state index contributed by atoms with van der Waals surface area (Å²) in [4.78, 5) is 27.7. The molecule has 0 bridgehead atoms. The summed E-state index contributed by atoms with van der Waals surface area (Å²) in [5.41, 5.74) is 3.25. The van der Waals surface area contributed by atoms with Gasteiger partial charge in [-0.2, -0.15) is 5.10 Å². The molecule has 6 rings (SSSR count).